The van der Waals surface area contributed by atoms with Crippen LogP contribution >= 0.6 is 11.8 Å². The van der Waals surface area contributed by atoms with Gasteiger partial charge in [-0.25, -0.2) is 4.98 Å². The minimum absolute atomic E-state index is 0.104. The number of hydrogen-bond donors (Lipinski definition) is 0. The highest BCUT2D eigenvalue weighted by molar-refractivity contribution is 7.98. The van der Waals surface area contributed by atoms with Crippen LogP contribution in [-0.2, 0) is 17.7 Å². The van der Waals surface area contributed by atoms with Crippen LogP contribution in [0.4, 0.5) is 0 Å². The second-order valence-corrected chi connectivity index (χ2v) is 8.38. The highest BCUT2D eigenvalue weighted by Crippen LogP contribution is 2.24. The molecule has 0 radical (unpaired) electrons. The van der Waals surface area contributed by atoms with Crippen molar-refractivity contribution >= 4 is 22.7 Å². The van der Waals surface area contributed by atoms with Crippen molar-refractivity contribution in [1.82, 2.24) is 19.7 Å². The second-order valence-electron chi connectivity index (χ2n) is 7.44. The number of para-hydroxylation sites is 1. The highest BCUT2D eigenvalue weighted by atomic mass is 32.2. The van der Waals surface area contributed by atoms with Gasteiger partial charge in [-0.2, -0.15) is 4.98 Å². The maximum atomic E-state index is 13.0. The van der Waals surface area contributed by atoms with E-state index in [1.165, 1.54) is 11.8 Å². The fourth-order valence-corrected chi connectivity index (χ4v) is 3.54. The number of thioether (sulfide) groups is 1. The summed E-state index contributed by atoms with van der Waals surface area (Å²) in [4.78, 5) is 22.2. The molecule has 1 aromatic carbocycles. The number of benzene rings is 1. The van der Waals surface area contributed by atoms with Gasteiger partial charge in [-0.15, -0.1) is 0 Å². The molecule has 28 heavy (non-hydrogen) atoms. The predicted molar refractivity (Wildman–Crippen MR) is 106 cm³/mol. The molecule has 0 N–H and O–H groups in total. The zero-order chi connectivity index (χ0) is 19.7. The molecule has 3 heterocycles. The largest absolute Gasteiger partial charge is 0.467 e. The Balaban J connectivity index is 1.68. The van der Waals surface area contributed by atoms with E-state index in [1.54, 1.807) is 23.0 Å². The van der Waals surface area contributed by atoms with E-state index in [9.17, 15) is 4.79 Å². The van der Waals surface area contributed by atoms with Crippen molar-refractivity contribution in [1.29, 1.82) is 0 Å². The van der Waals surface area contributed by atoms with Gasteiger partial charge in [-0.3, -0.25) is 9.36 Å². The number of fused-ring (bicyclic) bond motifs is 1. The zero-order valence-electron chi connectivity index (χ0n) is 15.9. The van der Waals surface area contributed by atoms with Crippen molar-refractivity contribution in [2.45, 2.75) is 43.6 Å². The third-order valence-electron chi connectivity index (χ3n) is 4.16. The van der Waals surface area contributed by atoms with Crippen LogP contribution in [-0.4, -0.2) is 19.7 Å². The van der Waals surface area contributed by atoms with Gasteiger partial charge in [-0.05, 0) is 24.3 Å². The summed E-state index contributed by atoms with van der Waals surface area (Å²) in [5, 5.41) is 5.21. The van der Waals surface area contributed by atoms with Gasteiger partial charge in [0.2, 0.25) is 5.89 Å². The molecule has 4 aromatic rings. The minimum Gasteiger partial charge on any atom is -0.467 e. The van der Waals surface area contributed by atoms with Gasteiger partial charge in [0, 0.05) is 5.41 Å². The summed E-state index contributed by atoms with van der Waals surface area (Å²) in [7, 11) is 0. The minimum atomic E-state index is -0.210. The Morgan fingerprint density at radius 2 is 1.93 bits per heavy atom. The Kier molecular flexibility index (Phi) is 4.80. The van der Waals surface area contributed by atoms with Crippen molar-refractivity contribution < 1.29 is 8.94 Å². The van der Waals surface area contributed by atoms with Crippen molar-refractivity contribution in [3.63, 3.8) is 0 Å². The molecule has 0 saturated carbocycles. The average molecular weight is 396 g/mol. The van der Waals surface area contributed by atoms with Crippen molar-refractivity contribution in [2.75, 3.05) is 0 Å². The molecule has 7 nitrogen and oxygen atoms in total. The van der Waals surface area contributed by atoms with Crippen LogP contribution in [0.3, 0.4) is 0 Å². The van der Waals surface area contributed by atoms with Gasteiger partial charge in [0.25, 0.3) is 5.56 Å². The summed E-state index contributed by atoms with van der Waals surface area (Å²) in [5.41, 5.74) is 0.348. The zero-order valence-corrected chi connectivity index (χ0v) is 16.7. The SMILES string of the molecule is CC(C)(C)c1nc(CSc2nc3ccccc3c(=O)n2Cc2ccco2)no1. The van der Waals surface area contributed by atoms with Crippen LogP contribution in [0.5, 0.6) is 0 Å². The van der Waals surface area contributed by atoms with Crippen LogP contribution in [0, 0.1) is 0 Å². The monoisotopic (exact) mass is 396 g/mol. The van der Waals surface area contributed by atoms with Crippen LogP contribution in [0.25, 0.3) is 10.9 Å². The summed E-state index contributed by atoms with van der Waals surface area (Å²) in [6, 6.07) is 11.0. The summed E-state index contributed by atoms with van der Waals surface area (Å²) < 4.78 is 12.4. The van der Waals surface area contributed by atoms with Crippen molar-refractivity contribution in [3.05, 3.63) is 70.5 Å². The summed E-state index contributed by atoms with van der Waals surface area (Å²) >= 11 is 1.40. The molecule has 4 rings (SSSR count). The van der Waals surface area contributed by atoms with Gasteiger partial charge in [0.05, 0.1) is 29.5 Å². The Morgan fingerprint density at radius 3 is 2.64 bits per heavy atom. The molecule has 0 spiro atoms. The fourth-order valence-electron chi connectivity index (χ4n) is 2.70. The van der Waals surface area contributed by atoms with E-state index in [0.29, 0.717) is 45.8 Å². The third-order valence-corrected chi connectivity index (χ3v) is 5.13. The first-order chi connectivity index (χ1) is 13.4. The standard InChI is InChI=1S/C20H20N4O3S/c1-20(2,3)18-22-16(23-27-18)12-28-19-21-15-9-5-4-8-14(15)17(25)24(19)11-13-7-6-10-26-13/h4-10H,11-12H2,1-3H3. The van der Waals surface area contributed by atoms with E-state index in [4.69, 9.17) is 8.94 Å². The number of hydrogen-bond acceptors (Lipinski definition) is 7. The first-order valence-electron chi connectivity index (χ1n) is 8.89. The molecule has 3 aromatic heterocycles. The first-order valence-corrected chi connectivity index (χ1v) is 9.88. The molecule has 0 fully saturated rings. The maximum Gasteiger partial charge on any atom is 0.262 e. The van der Waals surface area contributed by atoms with E-state index in [-0.39, 0.29) is 11.0 Å². The Morgan fingerprint density at radius 1 is 1.11 bits per heavy atom. The molecule has 8 heteroatoms. The number of rotatable bonds is 5. The molecule has 0 unspecified atom stereocenters. The van der Waals surface area contributed by atoms with E-state index in [1.807, 2.05) is 45.0 Å². The maximum absolute atomic E-state index is 13.0. The lowest BCUT2D eigenvalue weighted by Gasteiger charge is -2.11. The molecular formula is C20H20N4O3S. The molecule has 0 saturated heterocycles. The molecule has 0 aliphatic rings. The number of aromatic nitrogens is 4. The van der Waals surface area contributed by atoms with E-state index in [2.05, 4.69) is 15.1 Å². The Hall–Kier alpha value is -2.87. The number of furan rings is 1. The van der Waals surface area contributed by atoms with Gasteiger partial charge < -0.3 is 8.94 Å². The van der Waals surface area contributed by atoms with Gasteiger partial charge in [-0.1, -0.05) is 49.8 Å². The molecule has 0 bridgehead atoms. The molecule has 0 amide bonds. The van der Waals surface area contributed by atoms with E-state index >= 15 is 0 Å². The van der Waals surface area contributed by atoms with E-state index in [0.717, 1.165) is 0 Å². The fraction of sp³-hybridized carbons (Fsp3) is 0.300. The lowest BCUT2D eigenvalue weighted by molar-refractivity contribution is 0.319. The van der Waals surface area contributed by atoms with Crippen molar-refractivity contribution in [2.24, 2.45) is 0 Å². The van der Waals surface area contributed by atoms with Crippen LogP contribution in [0.15, 0.2) is 61.6 Å². The van der Waals surface area contributed by atoms with Gasteiger partial charge >= 0.3 is 0 Å². The molecule has 0 aliphatic heterocycles. The lowest BCUT2D eigenvalue weighted by atomic mass is 9.97. The molecule has 0 aliphatic carbocycles. The smallest absolute Gasteiger partial charge is 0.262 e. The summed E-state index contributed by atoms with van der Waals surface area (Å²) in [6.07, 6.45) is 1.59. The lowest BCUT2D eigenvalue weighted by Crippen LogP contribution is -2.23. The predicted octanol–water partition coefficient (Wildman–Crippen LogP) is 4.01. The highest BCUT2D eigenvalue weighted by Gasteiger charge is 2.22. The first kappa shape index (κ1) is 18.5. The van der Waals surface area contributed by atoms with Crippen molar-refractivity contribution in [3.8, 4) is 0 Å². The van der Waals surface area contributed by atoms with E-state index < -0.39 is 0 Å². The normalized spacial score (nSPS) is 12.0. The Labute approximate surface area is 165 Å². The third kappa shape index (κ3) is 3.73. The second kappa shape index (κ2) is 7.27. The number of nitrogens with zero attached hydrogens (tertiary/aromatic N) is 4. The topological polar surface area (TPSA) is 87.0 Å². The molecule has 144 valence electrons. The Bertz CT molecular complexity index is 1160. The molecule has 0 atom stereocenters. The quantitative estimate of drug-likeness (QED) is 0.372. The van der Waals surface area contributed by atoms with Crippen LogP contribution < -0.4 is 5.56 Å². The summed E-state index contributed by atoms with van der Waals surface area (Å²) in [5.74, 6) is 2.29. The molecular weight excluding hydrogens is 376 g/mol. The van der Waals surface area contributed by atoms with Crippen LogP contribution in [0.2, 0.25) is 0 Å². The summed E-state index contributed by atoms with van der Waals surface area (Å²) in [6.45, 7) is 6.36. The average Bonchev–Trinajstić information content (AvgIpc) is 3.34. The van der Waals surface area contributed by atoms with Gasteiger partial charge in [0.15, 0.2) is 11.0 Å². The van der Waals surface area contributed by atoms with Crippen LogP contribution in [0.1, 0.15) is 38.2 Å². The van der Waals surface area contributed by atoms with Gasteiger partial charge in [0.1, 0.15) is 5.76 Å².